The van der Waals surface area contributed by atoms with E-state index >= 15 is 0 Å². The normalized spacial score (nSPS) is 16.2. The molecule has 0 bridgehead atoms. The van der Waals surface area contributed by atoms with E-state index < -0.39 is 11.7 Å². The molecule has 2 aliphatic heterocycles. The number of nitrogens with one attached hydrogen (secondary N) is 1. The summed E-state index contributed by atoms with van der Waals surface area (Å²) in [5.41, 5.74) is 3.19. The lowest BCUT2D eigenvalue weighted by atomic mass is 10.1. The highest BCUT2D eigenvalue weighted by Gasteiger charge is 2.26. The predicted octanol–water partition coefficient (Wildman–Crippen LogP) is 4.78. The maximum absolute atomic E-state index is 13.6. The number of likely N-dealkylation sites (tertiary alicyclic amines) is 1. The monoisotopic (exact) mass is 504 g/mol. The molecular weight excluding hydrogens is 474 g/mol. The second-order valence-electron chi connectivity index (χ2n) is 9.59. The minimum absolute atomic E-state index is 0.0388. The first-order chi connectivity index (χ1) is 18.0. The number of benzene rings is 3. The SMILES string of the molecule is O=C(Nc1ccc(N2CCN(Cc3ccc(F)cc3)CC2)c(C(=O)N2CCCC2)c1)c1cccc(F)c1. The van der Waals surface area contributed by atoms with Gasteiger partial charge in [-0.05, 0) is 66.9 Å². The van der Waals surface area contributed by atoms with E-state index in [0.717, 1.165) is 69.9 Å². The van der Waals surface area contributed by atoms with Gasteiger partial charge in [-0.3, -0.25) is 14.5 Å². The second kappa shape index (κ2) is 11.1. The summed E-state index contributed by atoms with van der Waals surface area (Å²) < 4.78 is 26.8. The zero-order valence-electron chi connectivity index (χ0n) is 20.6. The third kappa shape index (κ3) is 5.97. The van der Waals surface area contributed by atoms with Crippen molar-refractivity contribution < 1.29 is 18.4 Å². The van der Waals surface area contributed by atoms with Crippen LogP contribution in [-0.2, 0) is 6.54 Å². The Balaban J connectivity index is 1.33. The van der Waals surface area contributed by atoms with E-state index in [0.29, 0.717) is 11.3 Å². The third-order valence-electron chi connectivity index (χ3n) is 7.00. The standard InChI is InChI=1S/C29H30F2N4O2/c30-23-8-6-21(7-9-23)20-33-14-16-34(17-15-33)27-11-10-25(19-26(27)29(37)35-12-1-2-13-35)32-28(36)22-4-3-5-24(31)18-22/h3-11,18-19H,1-2,12-17,20H2,(H,32,36). The minimum atomic E-state index is -0.480. The summed E-state index contributed by atoms with van der Waals surface area (Å²) in [6.07, 6.45) is 1.97. The van der Waals surface area contributed by atoms with Gasteiger partial charge < -0.3 is 15.1 Å². The number of piperazine rings is 1. The van der Waals surface area contributed by atoms with Crippen molar-refractivity contribution in [1.29, 1.82) is 0 Å². The summed E-state index contributed by atoms with van der Waals surface area (Å²) in [4.78, 5) is 32.6. The second-order valence-corrected chi connectivity index (χ2v) is 9.59. The van der Waals surface area contributed by atoms with E-state index in [9.17, 15) is 18.4 Å². The molecule has 0 spiro atoms. The van der Waals surface area contributed by atoms with Crippen LogP contribution in [0.3, 0.4) is 0 Å². The van der Waals surface area contributed by atoms with E-state index in [1.165, 1.54) is 30.3 Å². The van der Waals surface area contributed by atoms with E-state index in [-0.39, 0.29) is 17.3 Å². The number of amides is 2. The van der Waals surface area contributed by atoms with Crippen LogP contribution in [0.4, 0.5) is 20.2 Å². The Hall–Kier alpha value is -3.78. The van der Waals surface area contributed by atoms with Crippen molar-refractivity contribution in [3.63, 3.8) is 0 Å². The maximum atomic E-state index is 13.6. The zero-order valence-corrected chi connectivity index (χ0v) is 20.6. The smallest absolute Gasteiger partial charge is 0.256 e. The van der Waals surface area contributed by atoms with Gasteiger partial charge in [-0.1, -0.05) is 18.2 Å². The lowest BCUT2D eigenvalue weighted by Crippen LogP contribution is -2.46. The van der Waals surface area contributed by atoms with Crippen LogP contribution in [0.2, 0.25) is 0 Å². The molecule has 6 nitrogen and oxygen atoms in total. The number of nitrogens with zero attached hydrogens (tertiary/aromatic N) is 3. The Bertz CT molecular complexity index is 1270. The quantitative estimate of drug-likeness (QED) is 0.525. The summed E-state index contributed by atoms with van der Waals surface area (Å²) in [6.45, 7) is 5.32. The summed E-state index contributed by atoms with van der Waals surface area (Å²) >= 11 is 0. The molecule has 0 atom stereocenters. The molecule has 3 aromatic rings. The number of anilines is 2. The Morgan fingerprint density at radius 3 is 2.22 bits per heavy atom. The molecule has 37 heavy (non-hydrogen) atoms. The van der Waals surface area contributed by atoms with Gasteiger partial charge in [0, 0.05) is 62.8 Å². The number of carbonyl (C=O) groups excluding carboxylic acids is 2. The van der Waals surface area contributed by atoms with Crippen molar-refractivity contribution in [3.8, 4) is 0 Å². The van der Waals surface area contributed by atoms with Crippen LogP contribution in [0.1, 0.15) is 39.1 Å². The van der Waals surface area contributed by atoms with Crippen LogP contribution in [0.5, 0.6) is 0 Å². The van der Waals surface area contributed by atoms with Gasteiger partial charge in [0.2, 0.25) is 0 Å². The van der Waals surface area contributed by atoms with E-state index in [1.807, 2.05) is 23.1 Å². The fourth-order valence-corrected chi connectivity index (χ4v) is 4.98. The van der Waals surface area contributed by atoms with Crippen molar-refractivity contribution in [2.45, 2.75) is 19.4 Å². The lowest BCUT2D eigenvalue weighted by molar-refractivity contribution is 0.0793. The number of carbonyl (C=O) groups is 2. The van der Waals surface area contributed by atoms with Gasteiger partial charge in [-0.25, -0.2) is 8.78 Å². The zero-order chi connectivity index (χ0) is 25.8. The highest BCUT2D eigenvalue weighted by molar-refractivity contribution is 6.06. The van der Waals surface area contributed by atoms with Crippen molar-refractivity contribution in [1.82, 2.24) is 9.80 Å². The molecule has 0 radical (unpaired) electrons. The molecule has 2 fully saturated rings. The average Bonchev–Trinajstić information content (AvgIpc) is 3.45. The van der Waals surface area contributed by atoms with E-state index in [2.05, 4.69) is 15.1 Å². The van der Waals surface area contributed by atoms with E-state index in [1.54, 1.807) is 18.2 Å². The average molecular weight is 505 g/mol. The number of hydrogen-bond donors (Lipinski definition) is 1. The fraction of sp³-hybridized carbons (Fsp3) is 0.310. The maximum Gasteiger partial charge on any atom is 0.256 e. The molecule has 2 amide bonds. The number of halogens is 2. The van der Waals surface area contributed by atoms with Gasteiger partial charge in [0.25, 0.3) is 11.8 Å². The van der Waals surface area contributed by atoms with Crippen molar-refractivity contribution in [3.05, 3.63) is 95.1 Å². The number of rotatable bonds is 6. The highest BCUT2D eigenvalue weighted by atomic mass is 19.1. The molecule has 5 rings (SSSR count). The molecule has 0 aliphatic carbocycles. The van der Waals surface area contributed by atoms with Crippen molar-refractivity contribution in [2.24, 2.45) is 0 Å². The molecule has 0 unspecified atom stereocenters. The van der Waals surface area contributed by atoms with Crippen molar-refractivity contribution >= 4 is 23.2 Å². The molecule has 2 aliphatic rings. The van der Waals surface area contributed by atoms with Crippen LogP contribution >= 0.6 is 0 Å². The highest BCUT2D eigenvalue weighted by Crippen LogP contribution is 2.29. The molecule has 8 heteroatoms. The van der Waals surface area contributed by atoms with Gasteiger partial charge >= 0.3 is 0 Å². The van der Waals surface area contributed by atoms with E-state index in [4.69, 9.17) is 0 Å². The summed E-state index contributed by atoms with van der Waals surface area (Å²) in [7, 11) is 0. The van der Waals surface area contributed by atoms with Gasteiger partial charge in [0.15, 0.2) is 0 Å². The number of hydrogen-bond acceptors (Lipinski definition) is 4. The molecule has 2 saturated heterocycles. The molecule has 2 heterocycles. The largest absolute Gasteiger partial charge is 0.368 e. The minimum Gasteiger partial charge on any atom is -0.368 e. The van der Waals surface area contributed by atoms with Gasteiger partial charge in [0.1, 0.15) is 11.6 Å². The summed E-state index contributed by atoms with van der Waals surface area (Å²) in [6, 6.07) is 17.5. The summed E-state index contributed by atoms with van der Waals surface area (Å²) in [5, 5.41) is 2.81. The molecule has 0 aromatic heterocycles. The first-order valence-electron chi connectivity index (χ1n) is 12.7. The third-order valence-corrected chi connectivity index (χ3v) is 7.00. The predicted molar refractivity (Wildman–Crippen MR) is 140 cm³/mol. The van der Waals surface area contributed by atoms with Crippen LogP contribution in [0.15, 0.2) is 66.7 Å². The molecule has 1 N–H and O–H groups in total. The summed E-state index contributed by atoms with van der Waals surface area (Å²) in [5.74, 6) is -1.19. The van der Waals surface area contributed by atoms with Crippen LogP contribution in [0.25, 0.3) is 0 Å². The lowest BCUT2D eigenvalue weighted by Gasteiger charge is -2.37. The Labute approximate surface area is 215 Å². The molecule has 0 saturated carbocycles. The topological polar surface area (TPSA) is 55.9 Å². The van der Waals surface area contributed by atoms with Crippen LogP contribution in [-0.4, -0.2) is 60.9 Å². The Kier molecular flexibility index (Phi) is 7.46. The Morgan fingerprint density at radius 2 is 1.51 bits per heavy atom. The van der Waals surface area contributed by atoms with Crippen molar-refractivity contribution in [2.75, 3.05) is 49.5 Å². The first kappa shape index (κ1) is 24.9. The Morgan fingerprint density at radius 1 is 0.784 bits per heavy atom. The van der Waals surface area contributed by atoms with Gasteiger partial charge in [-0.2, -0.15) is 0 Å². The van der Waals surface area contributed by atoms with Crippen LogP contribution < -0.4 is 10.2 Å². The van der Waals surface area contributed by atoms with Gasteiger partial charge in [-0.15, -0.1) is 0 Å². The molecule has 192 valence electrons. The first-order valence-corrected chi connectivity index (χ1v) is 12.7. The molecular formula is C29H30F2N4O2. The van der Waals surface area contributed by atoms with Gasteiger partial charge in [0.05, 0.1) is 5.56 Å². The fourth-order valence-electron chi connectivity index (χ4n) is 4.98. The molecule has 3 aromatic carbocycles. The van der Waals surface area contributed by atoms with Crippen LogP contribution in [0, 0.1) is 11.6 Å².